The van der Waals surface area contributed by atoms with Crippen LogP contribution in [0.5, 0.6) is 0 Å². The van der Waals surface area contributed by atoms with Crippen molar-refractivity contribution in [3.63, 3.8) is 0 Å². The van der Waals surface area contributed by atoms with Gasteiger partial charge in [-0.15, -0.1) is 0 Å². The van der Waals surface area contributed by atoms with Gasteiger partial charge in [-0.1, -0.05) is 51.7 Å². The zero-order valence-electron chi connectivity index (χ0n) is 14.0. The summed E-state index contributed by atoms with van der Waals surface area (Å²) in [5.41, 5.74) is 4.03. The largest absolute Gasteiger partial charge is 0.207 e. The van der Waals surface area contributed by atoms with E-state index in [9.17, 15) is 8.78 Å². The summed E-state index contributed by atoms with van der Waals surface area (Å²) in [5.74, 6) is -0.399. The third kappa shape index (κ3) is 2.69. The van der Waals surface area contributed by atoms with Crippen LogP contribution >= 0.6 is 0 Å². The van der Waals surface area contributed by atoms with Gasteiger partial charge in [0, 0.05) is 5.41 Å². The van der Waals surface area contributed by atoms with Crippen LogP contribution in [0.2, 0.25) is 0 Å². The Morgan fingerprint density at radius 2 is 1.17 bits per heavy atom. The zero-order chi connectivity index (χ0) is 16.4. The monoisotopic (exact) mass is 314 g/mol. The van der Waals surface area contributed by atoms with Gasteiger partial charge in [-0.3, -0.25) is 0 Å². The van der Waals surface area contributed by atoms with E-state index in [2.05, 4.69) is 13.8 Å². The predicted molar refractivity (Wildman–Crippen MR) is 91.6 cm³/mol. The number of hydrogen-bond acceptors (Lipinski definition) is 0. The molecule has 0 fully saturated rings. The molecule has 3 rings (SSSR count). The number of hydrogen-bond donors (Lipinski definition) is 0. The molecule has 0 bridgehead atoms. The third-order valence-electron chi connectivity index (χ3n) is 5.20. The number of unbranched alkanes of at least 4 members (excludes halogenated alkanes) is 2. The number of fused-ring (bicyclic) bond motifs is 3. The number of rotatable bonds is 6. The smallest absolute Gasteiger partial charge is 0.123 e. The topological polar surface area (TPSA) is 0 Å². The summed E-state index contributed by atoms with van der Waals surface area (Å²) < 4.78 is 28.0. The minimum absolute atomic E-state index is 0.200. The van der Waals surface area contributed by atoms with Gasteiger partial charge in [-0.05, 0) is 59.4 Å². The lowest BCUT2D eigenvalue weighted by molar-refractivity contribution is 0.411. The molecule has 2 aromatic carbocycles. The fraction of sp³-hybridized carbons (Fsp3) is 0.429. The van der Waals surface area contributed by atoms with Gasteiger partial charge < -0.3 is 0 Å². The lowest BCUT2D eigenvalue weighted by Gasteiger charge is -2.32. The van der Waals surface area contributed by atoms with Crippen LogP contribution in [0.1, 0.15) is 63.5 Å². The zero-order valence-corrected chi connectivity index (χ0v) is 14.0. The highest BCUT2D eigenvalue weighted by Crippen LogP contribution is 2.54. The molecule has 0 aromatic heterocycles. The van der Waals surface area contributed by atoms with Crippen LogP contribution < -0.4 is 0 Å². The molecule has 0 aliphatic heterocycles. The summed E-state index contributed by atoms with van der Waals surface area (Å²) in [6.45, 7) is 4.34. The molecule has 0 radical (unpaired) electrons. The van der Waals surface area contributed by atoms with Crippen LogP contribution in [0.4, 0.5) is 8.78 Å². The van der Waals surface area contributed by atoms with Crippen molar-refractivity contribution in [2.24, 2.45) is 0 Å². The average molecular weight is 314 g/mol. The van der Waals surface area contributed by atoms with Crippen molar-refractivity contribution < 1.29 is 8.78 Å². The van der Waals surface area contributed by atoms with Crippen molar-refractivity contribution in [3.8, 4) is 11.1 Å². The van der Waals surface area contributed by atoms with Crippen molar-refractivity contribution in [3.05, 3.63) is 59.2 Å². The van der Waals surface area contributed by atoms with Crippen molar-refractivity contribution in [1.29, 1.82) is 0 Å². The molecule has 0 nitrogen and oxygen atoms in total. The summed E-state index contributed by atoms with van der Waals surface area (Å²) in [4.78, 5) is 0. The molecular formula is C21H24F2. The number of benzene rings is 2. The Balaban J connectivity index is 2.23. The fourth-order valence-corrected chi connectivity index (χ4v) is 4.06. The Morgan fingerprint density at radius 1 is 0.739 bits per heavy atom. The van der Waals surface area contributed by atoms with Gasteiger partial charge in [0.15, 0.2) is 0 Å². The van der Waals surface area contributed by atoms with E-state index in [1.54, 1.807) is 12.1 Å². The fourth-order valence-electron chi connectivity index (χ4n) is 4.06. The minimum Gasteiger partial charge on any atom is -0.207 e. The van der Waals surface area contributed by atoms with Gasteiger partial charge >= 0.3 is 0 Å². The van der Waals surface area contributed by atoms with Gasteiger partial charge in [0.1, 0.15) is 11.6 Å². The summed E-state index contributed by atoms with van der Waals surface area (Å²) in [6, 6.07) is 10.1. The summed E-state index contributed by atoms with van der Waals surface area (Å²) in [7, 11) is 0. The van der Waals surface area contributed by atoms with Crippen molar-refractivity contribution in [2.45, 2.75) is 57.8 Å². The molecule has 0 spiro atoms. The summed E-state index contributed by atoms with van der Waals surface area (Å²) in [6.07, 6.45) is 6.21. The summed E-state index contributed by atoms with van der Waals surface area (Å²) >= 11 is 0. The Bertz CT molecular complexity index is 641. The highest BCUT2D eigenvalue weighted by molar-refractivity contribution is 5.81. The number of halogens is 2. The molecule has 1 aliphatic rings. The van der Waals surface area contributed by atoms with Gasteiger partial charge in [-0.25, -0.2) is 8.78 Å². The van der Waals surface area contributed by atoms with E-state index in [-0.39, 0.29) is 17.0 Å². The van der Waals surface area contributed by atoms with Crippen LogP contribution in [-0.2, 0) is 5.41 Å². The SMILES string of the molecule is CCCCC1(CCCC)c2cc(F)ccc2-c2ccc(F)cc21. The molecule has 0 unspecified atom stereocenters. The lowest BCUT2D eigenvalue weighted by atomic mass is 9.71. The maximum Gasteiger partial charge on any atom is 0.123 e. The second kappa shape index (κ2) is 6.43. The van der Waals surface area contributed by atoms with Gasteiger partial charge in [0.05, 0.1) is 0 Å². The van der Waals surface area contributed by atoms with Crippen molar-refractivity contribution >= 4 is 0 Å². The molecule has 1 aliphatic carbocycles. The maximum atomic E-state index is 14.0. The third-order valence-corrected chi connectivity index (χ3v) is 5.20. The van der Waals surface area contributed by atoms with E-state index in [1.165, 1.54) is 12.1 Å². The highest BCUT2D eigenvalue weighted by Gasteiger charge is 2.42. The van der Waals surface area contributed by atoms with E-state index in [0.717, 1.165) is 60.8 Å². The van der Waals surface area contributed by atoms with E-state index < -0.39 is 0 Å². The van der Waals surface area contributed by atoms with Gasteiger partial charge in [0.25, 0.3) is 0 Å². The minimum atomic E-state index is -0.235. The van der Waals surface area contributed by atoms with Crippen LogP contribution in [0.15, 0.2) is 36.4 Å². The normalized spacial score (nSPS) is 14.6. The first-order valence-electron chi connectivity index (χ1n) is 8.73. The first-order chi connectivity index (χ1) is 11.1. The first kappa shape index (κ1) is 16.2. The Labute approximate surface area is 137 Å². The Hall–Kier alpha value is -1.70. The van der Waals surface area contributed by atoms with E-state index in [0.29, 0.717) is 0 Å². The molecule has 0 heterocycles. The van der Waals surface area contributed by atoms with E-state index in [4.69, 9.17) is 0 Å². The van der Waals surface area contributed by atoms with E-state index >= 15 is 0 Å². The molecule has 0 saturated carbocycles. The van der Waals surface area contributed by atoms with Crippen LogP contribution in [-0.4, -0.2) is 0 Å². The van der Waals surface area contributed by atoms with Gasteiger partial charge in [0.2, 0.25) is 0 Å². The standard InChI is InChI=1S/C21H24F2/c1-3-5-11-21(12-6-4-2)19-13-15(22)7-9-17(19)18-10-8-16(23)14-20(18)21/h7-10,13-14H,3-6,11-12H2,1-2H3. The second-order valence-electron chi connectivity index (χ2n) is 6.67. The Morgan fingerprint density at radius 3 is 1.57 bits per heavy atom. The molecule has 0 amide bonds. The van der Waals surface area contributed by atoms with Crippen LogP contribution in [0, 0.1) is 11.6 Å². The molecule has 0 saturated heterocycles. The highest BCUT2D eigenvalue weighted by atomic mass is 19.1. The molecule has 2 aromatic rings. The van der Waals surface area contributed by atoms with Crippen LogP contribution in [0.3, 0.4) is 0 Å². The van der Waals surface area contributed by atoms with Gasteiger partial charge in [-0.2, -0.15) is 0 Å². The second-order valence-corrected chi connectivity index (χ2v) is 6.67. The quantitative estimate of drug-likeness (QED) is 0.562. The molecule has 0 atom stereocenters. The molecular weight excluding hydrogens is 290 g/mol. The molecule has 23 heavy (non-hydrogen) atoms. The van der Waals surface area contributed by atoms with Crippen molar-refractivity contribution in [2.75, 3.05) is 0 Å². The predicted octanol–water partition coefficient (Wildman–Crippen LogP) is 6.61. The Kier molecular flexibility index (Phi) is 4.52. The van der Waals surface area contributed by atoms with Crippen molar-refractivity contribution in [1.82, 2.24) is 0 Å². The summed E-state index contributed by atoms with van der Waals surface area (Å²) in [5, 5.41) is 0. The molecule has 0 N–H and O–H groups in total. The molecule has 2 heteroatoms. The lowest BCUT2D eigenvalue weighted by Crippen LogP contribution is -2.25. The molecule has 122 valence electrons. The van der Waals surface area contributed by atoms with E-state index in [1.807, 2.05) is 12.1 Å². The van der Waals surface area contributed by atoms with Crippen LogP contribution in [0.25, 0.3) is 11.1 Å². The average Bonchev–Trinajstić information content (AvgIpc) is 2.80. The first-order valence-corrected chi connectivity index (χ1v) is 8.73. The maximum absolute atomic E-state index is 14.0.